The molecule has 0 radical (unpaired) electrons. The van der Waals surface area contributed by atoms with Gasteiger partial charge in [0.2, 0.25) is 0 Å². The number of aromatic nitrogens is 1. The lowest BCUT2D eigenvalue weighted by molar-refractivity contribution is -0.0371. The number of amides is 1. The summed E-state index contributed by atoms with van der Waals surface area (Å²) in [6.07, 6.45) is 0. The summed E-state index contributed by atoms with van der Waals surface area (Å²) < 4.78 is 6.51. The van der Waals surface area contributed by atoms with Crippen LogP contribution >= 0.6 is 15.9 Å². The van der Waals surface area contributed by atoms with Crippen LogP contribution in [0.3, 0.4) is 0 Å². The Labute approximate surface area is 151 Å². The van der Waals surface area contributed by atoms with Crippen molar-refractivity contribution in [2.75, 3.05) is 19.8 Å². The van der Waals surface area contributed by atoms with Crippen LogP contribution in [0, 0.1) is 6.92 Å². The number of carbonyl (C=O) groups excluding carboxylic acids is 1. The highest BCUT2D eigenvalue weighted by Gasteiger charge is 2.35. The second-order valence-corrected chi connectivity index (χ2v) is 7.58. The smallest absolute Gasteiger partial charge is 0.256 e. The number of pyridine rings is 1. The highest BCUT2D eigenvalue weighted by atomic mass is 79.9. The third kappa shape index (κ3) is 3.37. The molecule has 0 unspecified atom stereocenters. The van der Waals surface area contributed by atoms with Crippen molar-refractivity contribution in [3.05, 3.63) is 52.1 Å². The summed E-state index contributed by atoms with van der Waals surface area (Å²) in [6, 6.07) is 11.8. The molecule has 0 N–H and O–H groups in total. The number of hydrogen-bond donors (Lipinski definition) is 0. The zero-order chi connectivity index (χ0) is 17.3. The summed E-state index contributed by atoms with van der Waals surface area (Å²) in [4.78, 5) is 19.5. The van der Waals surface area contributed by atoms with Gasteiger partial charge in [0.1, 0.15) is 0 Å². The number of benzene rings is 1. The summed E-state index contributed by atoms with van der Waals surface area (Å²) in [5, 5.41) is 0. The Kier molecular flexibility index (Phi) is 4.74. The van der Waals surface area contributed by atoms with E-state index in [4.69, 9.17) is 4.74 Å². The molecule has 1 amide bonds. The minimum absolute atomic E-state index is 0.0223. The third-order valence-electron chi connectivity index (χ3n) is 4.33. The van der Waals surface area contributed by atoms with Gasteiger partial charge in [0.15, 0.2) is 0 Å². The van der Waals surface area contributed by atoms with Crippen LogP contribution in [0.4, 0.5) is 0 Å². The maximum atomic E-state index is 13.0. The molecule has 126 valence electrons. The number of hydrogen-bond acceptors (Lipinski definition) is 3. The van der Waals surface area contributed by atoms with Crippen molar-refractivity contribution >= 4 is 21.8 Å². The molecule has 5 heteroatoms. The predicted molar refractivity (Wildman–Crippen MR) is 98.0 cm³/mol. The van der Waals surface area contributed by atoms with E-state index in [2.05, 4.69) is 20.9 Å². The fourth-order valence-electron chi connectivity index (χ4n) is 2.98. The van der Waals surface area contributed by atoms with Crippen LogP contribution < -0.4 is 0 Å². The molecule has 0 aliphatic carbocycles. The van der Waals surface area contributed by atoms with Gasteiger partial charge in [-0.05, 0) is 45.0 Å². The fraction of sp³-hybridized carbons (Fsp3) is 0.368. The van der Waals surface area contributed by atoms with E-state index >= 15 is 0 Å². The molecule has 0 saturated carbocycles. The second-order valence-electron chi connectivity index (χ2n) is 6.66. The van der Waals surface area contributed by atoms with Crippen molar-refractivity contribution in [2.24, 2.45) is 0 Å². The van der Waals surface area contributed by atoms with Gasteiger partial charge in [-0.25, -0.2) is 0 Å². The molecule has 0 atom stereocenters. The zero-order valence-corrected chi connectivity index (χ0v) is 15.8. The number of carbonyl (C=O) groups is 1. The SMILES string of the molecule is Cc1nc(-c2cccc(Br)c2)ccc1C(=O)N1CCOCC1(C)C. The van der Waals surface area contributed by atoms with Gasteiger partial charge in [0, 0.05) is 16.6 Å². The number of ether oxygens (including phenoxy) is 1. The van der Waals surface area contributed by atoms with Crippen molar-refractivity contribution in [2.45, 2.75) is 26.3 Å². The molecule has 4 nitrogen and oxygen atoms in total. The van der Waals surface area contributed by atoms with Gasteiger partial charge in [-0.15, -0.1) is 0 Å². The first-order valence-corrected chi connectivity index (χ1v) is 8.81. The van der Waals surface area contributed by atoms with Gasteiger partial charge in [-0.3, -0.25) is 9.78 Å². The van der Waals surface area contributed by atoms with Crippen LogP contribution in [0.1, 0.15) is 29.9 Å². The fourth-order valence-corrected chi connectivity index (χ4v) is 3.38. The molecule has 0 bridgehead atoms. The summed E-state index contributed by atoms with van der Waals surface area (Å²) in [5.41, 5.74) is 3.00. The van der Waals surface area contributed by atoms with Crippen LogP contribution in [0.25, 0.3) is 11.3 Å². The Morgan fingerprint density at radius 2 is 2.08 bits per heavy atom. The molecule has 1 aliphatic rings. The number of morpholine rings is 1. The lowest BCUT2D eigenvalue weighted by Crippen LogP contribution is -2.55. The summed E-state index contributed by atoms with van der Waals surface area (Å²) in [5.74, 6) is 0.0223. The average Bonchev–Trinajstić information content (AvgIpc) is 2.54. The van der Waals surface area contributed by atoms with Gasteiger partial charge >= 0.3 is 0 Å². The molecular formula is C19H21BrN2O2. The molecule has 24 heavy (non-hydrogen) atoms. The van der Waals surface area contributed by atoms with E-state index < -0.39 is 0 Å². The molecule has 2 aromatic rings. The number of nitrogens with zero attached hydrogens (tertiary/aromatic N) is 2. The van der Waals surface area contributed by atoms with Gasteiger partial charge in [-0.1, -0.05) is 28.1 Å². The Hall–Kier alpha value is -1.72. The number of halogens is 1. The molecule has 0 spiro atoms. The molecule has 1 saturated heterocycles. The first-order chi connectivity index (χ1) is 11.4. The molecule has 1 fully saturated rings. The minimum Gasteiger partial charge on any atom is -0.377 e. The normalized spacial score (nSPS) is 16.9. The number of aryl methyl sites for hydroxylation is 1. The summed E-state index contributed by atoms with van der Waals surface area (Å²) >= 11 is 3.48. The Balaban J connectivity index is 1.91. The summed E-state index contributed by atoms with van der Waals surface area (Å²) in [6.45, 7) is 7.70. The van der Waals surface area contributed by atoms with Gasteiger partial charge < -0.3 is 9.64 Å². The summed E-state index contributed by atoms with van der Waals surface area (Å²) in [7, 11) is 0. The molecule has 1 aromatic carbocycles. The lowest BCUT2D eigenvalue weighted by atomic mass is 10.00. The van der Waals surface area contributed by atoms with Gasteiger partial charge in [0.25, 0.3) is 5.91 Å². The third-order valence-corrected chi connectivity index (χ3v) is 4.82. The van der Waals surface area contributed by atoms with E-state index in [9.17, 15) is 4.79 Å². The van der Waals surface area contributed by atoms with Crippen molar-refractivity contribution in [3.63, 3.8) is 0 Å². The standard InChI is InChI=1S/C19H21BrN2O2/c1-13-16(18(23)22-9-10-24-12-19(22,2)3)7-8-17(21-13)14-5-4-6-15(20)11-14/h4-8,11H,9-10,12H2,1-3H3. The topological polar surface area (TPSA) is 42.4 Å². The van der Waals surface area contributed by atoms with Gasteiger partial charge in [0.05, 0.1) is 35.7 Å². The maximum Gasteiger partial charge on any atom is 0.256 e. The lowest BCUT2D eigenvalue weighted by Gasteiger charge is -2.42. The van der Waals surface area contributed by atoms with Crippen molar-refractivity contribution in [3.8, 4) is 11.3 Å². The first kappa shape index (κ1) is 17.1. The van der Waals surface area contributed by atoms with Crippen molar-refractivity contribution in [1.82, 2.24) is 9.88 Å². The monoisotopic (exact) mass is 388 g/mol. The average molecular weight is 389 g/mol. The minimum atomic E-state index is -0.301. The molecule has 2 heterocycles. The van der Waals surface area contributed by atoms with E-state index in [1.54, 1.807) is 0 Å². The van der Waals surface area contributed by atoms with Crippen LogP contribution in [-0.2, 0) is 4.74 Å². The van der Waals surface area contributed by atoms with Crippen LogP contribution in [-0.4, -0.2) is 41.1 Å². The Morgan fingerprint density at radius 1 is 1.29 bits per heavy atom. The predicted octanol–water partition coefficient (Wildman–Crippen LogP) is 4.07. The van der Waals surface area contributed by atoms with Gasteiger partial charge in [-0.2, -0.15) is 0 Å². The Morgan fingerprint density at radius 3 is 2.75 bits per heavy atom. The van der Waals surface area contributed by atoms with Crippen LogP contribution in [0.2, 0.25) is 0 Å². The second kappa shape index (κ2) is 6.65. The Bertz CT molecular complexity index is 774. The molecule has 1 aliphatic heterocycles. The zero-order valence-electron chi connectivity index (χ0n) is 14.2. The highest BCUT2D eigenvalue weighted by Crippen LogP contribution is 2.25. The molecule has 1 aromatic heterocycles. The van der Waals surface area contributed by atoms with Crippen molar-refractivity contribution < 1.29 is 9.53 Å². The van der Waals surface area contributed by atoms with E-state index in [0.717, 1.165) is 21.4 Å². The maximum absolute atomic E-state index is 13.0. The van der Waals surface area contributed by atoms with Crippen LogP contribution in [0.5, 0.6) is 0 Å². The quantitative estimate of drug-likeness (QED) is 0.778. The molecular weight excluding hydrogens is 368 g/mol. The molecule has 3 rings (SSSR count). The van der Waals surface area contributed by atoms with E-state index in [1.165, 1.54) is 0 Å². The van der Waals surface area contributed by atoms with E-state index in [1.807, 2.05) is 62.1 Å². The first-order valence-electron chi connectivity index (χ1n) is 8.02. The highest BCUT2D eigenvalue weighted by molar-refractivity contribution is 9.10. The van der Waals surface area contributed by atoms with E-state index in [-0.39, 0.29) is 11.4 Å². The van der Waals surface area contributed by atoms with Crippen LogP contribution in [0.15, 0.2) is 40.9 Å². The van der Waals surface area contributed by atoms with Crippen molar-refractivity contribution in [1.29, 1.82) is 0 Å². The van der Waals surface area contributed by atoms with E-state index in [0.29, 0.717) is 25.3 Å². The largest absolute Gasteiger partial charge is 0.377 e. The number of rotatable bonds is 2.